The lowest BCUT2D eigenvalue weighted by Gasteiger charge is -1.80. The van der Waals surface area contributed by atoms with E-state index in [1.54, 1.807) is 6.21 Å². The van der Waals surface area contributed by atoms with Gasteiger partial charge in [0.1, 0.15) is 5.36 Å². The van der Waals surface area contributed by atoms with Gasteiger partial charge < -0.3 is 4.98 Å². The highest BCUT2D eigenvalue weighted by molar-refractivity contribution is 5.72. The zero-order valence-corrected chi connectivity index (χ0v) is 5.86. The molecule has 1 aromatic rings. The Morgan fingerprint density at radius 1 is 1.27 bits per heavy atom. The van der Waals surface area contributed by atoms with Crippen LogP contribution in [0.15, 0.2) is 34.6 Å². The van der Waals surface area contributed by atoms with Gasteiger partial charge in [0.25, 0.3) is 0 Å². The quantitative estimate of drug-likeness (QED) is 0.532. The van der Waals surface area contributed by atoms with Crippen molar-refractivity contribution in [1.82, 2.24) is 4.98 Å². The van der Waals surface area contributed by atoms with E-state index in [-0.39, 0.29) is 0 Å². The van der Waals surface area contributed by atoms with Gasteiger partial charge in [0.2, 0.25) is 0 Å². The summed E-state index contributed by atoms with van der Waals surface area (Å²) in [6.07, 6.45) is 9.23. The van der Waals surface area contributed by atoms with E-state index in [9.17, 15) is 0 Å². The molecular formula is C8H7N3. The lowest BCUT2D eigenvalue weighted by atomic mass is 10.4. The Hall–Kier alpha value is -1.64. The number of nitrogens with one attached hydrogen (secondary N) is 1. The summed E-state index contributed by atoms with van der Waals surface area (Å²) in [6.45, 7) is 0. The molecule has 11 heavy (non-hydrogen) atoms. The van der Waals surface area contributed by atoms with E-state index >= 15 is 0 Å². The molecule has 0 unspecified atom stereocenters. The normalized spacial score (nSPS) is 14.2. The summed E-state index contributed by atoms with van der Waals surface area (Å²) < 4.78 is 0. The molecule has 3 heteroatoms. The minimum Gasteiger partial charge on any atom is -0.360 e. The van der Waals surface area contributed by atoms with Crippen LogP contribution in [0.2, 0.25) is 0 Å². The molecule has 0 fully saturated rings. The number of aromatic amines is 1. The molecule has 0 bridgehead atoms. The van der Waals surface area contributed by atoms with Crippen molar-refractivity contribution in [3.8, 4) is 0 Å². The monoisotopic (exact) mass is 145 g/mol. The minimum absolute atomic E-state index is 0.880. The third kappa shape index (κ3) is 1.12. The third-order valence-electron chi connectivity index (χ3n) is 1.45. The number of aromatic nitrogens is 1. The standard InChI is InChI=1S/C8H7N3/c1-2-5-10-11-8-4-6-9-7(8)3-1/h1-6,9H. The highest BCUT2D eigenvalue weighted by atomic mass is 15.2. The molecular weight excluding hydrogens is 138 g/mol. The predicted molar refractivity (Wildman–Crippen MR) is 43.7 cm³/mol. The molecule has 0 aromatic carbocycles. The minimum atomic E-state index is 0.880. The van der Waals surface area contributed by atoms with E-state index < -0.39 is 0 Å². The first-order valence-corrected chi connectivity index (χ1v) is 3.38. The van der Waals surface area contributed by atoms with Gasteiger partial charge in [-0.05, 0) is 18.2 Å². The summed E-state index contributed by atoms with van der Waals surface area (Å²) in [6, 6.07) is 1.89. The van der Waals surface area contributed by atoms with E-state index in [0.29, 0.717) is 0 Å². The fraction of sp³-hybridized carbons (Fsp3) is 0. The van der Waals surface area contributed by atoms with Gasteiger partial charge in [-0.2, -0.15) is 5.10 Å². The van der Waals surface area contributed by atoms with Gasteiger partial charge in [0, 0.05) is 12.4 Å². The van der Waals surface area contributed by atoms with Gasteiger partial charge in [0.05, 0.1) is 5.35 Å². The molecule has 0 radical (unpaired) electrons. The first-order valence-electron chi connectivity index (χ1n) is 3.38. The van der Waals surface area contributed by atoms with Crippen molar-refractivity contribution < 1.29 is 0 Å². The Kier molecular flexibility index (Phi) is 1.41. The predicted octanol–water partition coefficient (Wildman–Crippen LogP) is -0.0296. The SMILES string of the molecule is C1=CC=c2[nH]ccc2=NN=C1. The summed E-state index contributed by atoms with van der Waals surface area (Å²) >= 11 is 0. The number of fused-ring (bicyclic) bond motifs is 1. The number of hydrogen-bond donors (Lipinski definition) is 1. The summed E-state index contributed by atoms with van der Waals surface area (Å²) in [7, 11) is 0. The first kappa shape index (κ1) is 6.09. The molecule has 1 aromatic heterocycles. The number of rotatable bonds is 0. The Bertz CT molecular complexity index is 370. The van der Waals surface area contributed by atoms with Gasteiger partial charge in [-0.25, -0.2) is 0 Å². The van der Waals surface area contributed by atoms with Crippen LogP contribution in [0.3, 0.4) is 0 Å². The van der Waals surface area contributed by atoms with Crippen LogP contribution in [0.5, 0.6) is 0 Å². The maximum absolute atomic E-state index is 3.96. The Labute approximate surface area is 63.5 Å². The van der Waals surface area contributed by atoms with Crippen molar-refractivity contribution in [2.24, 2.45) is 10.2 Å². The third-order valence-corrected chi connectivity index (χ3v) is 1.45. The van der Waals surface area contributed by atoms with Crippen LogP contribution in [-0.2, 0) is 0 Å². The first-order chi connectivity index (χ1) is 5.47. The van der Waals surface area contributed by atoms with Crippen LogP contribution in [0.4, 0.5) is 0 Å². The van der Waals surface area contributed by atoms with Gasteiger partial charge >= 0.3 is 0 Å². The van der Waals surface area contributed by atoms with Crippen molar-refractivity contribution in [1.29, 1.82) is 0 Å². The molecule has 54 valence electrons. The molecule has 1 aliphatic rings. The fourth-order valence-corrected chi connectivity index (χ4v) is 0.930. The van der Waals surface area contributed by atoms with Crippen molar-refractivity contribution >= 4 is 12.3 Å². The van der Waals surface area contributed by atoms with E-state index in [2.05, 4.69) is 15.2 Å². The van der Waals surface area contributed by atoms with E-state index in [0.717, 1.165) is 10.7 Å². The Morgan fingerprint density at radius 2 is 2.27 bits per heavy atom. The maximum atomic E-state index is 3.96. The topological polar surface area (TPSA) is 40.5 Å². The molecule has 2 rings (SSSR count). The second-order valence-corrected chi connectivity index (χ2v) is 2.19. The molecule has 0 amide bonds. The number of H-pyrrole nitrogens is 1. The zero-order valence-electron chi connectivity index (χ0n) is 5.86. The van der Waals surface area contributed by atoms with Crippen LogP contribution >= 0.6 is 0 Å². The van der Waals surface area contributed by atoms with Crippen LogP contribution < -0.4 is 10.7 Å². The van der Waals surface area contributed by atoms with Crippen LogP contribution in [0, 0.1) is 0 Å². The molecule has 1 N–H and O–H groups in total. The Balaban J connectivity index is 2.80. The Morgan fingerprint density at radius 3 is 3.27 bits per heavy atom. The second kappa shape index (κ2) is 2.54. The van der Waals surface area contributed by atoms with Gasteiger partial charge in [-0.1, -0.05) is 6.08 Å². The molecule has 0 spiro atoms. The van der Waals surface area contributed by atoms with E-state index in [4.69, 9.17) is 0 Å². The average molecular weight is 145 g/mol. The van der Waals surface area contributed by atoms with Gasteiger partial charge in [-0.15, -0.1) is 5.10 Å². The van der Waals surface area contributed by atoms with E-state index in [1.165, 1.54) is 0 Å². The van der Waals surface area contributed by atoms with Crippen molar-refractivity contribution in [3.63, 3.8) is 0 Å². The van der Waals surface area contributed by atoms with Crippen LogP contribution in [-0.4, -0.2) is 11.2 Å². The van der Waals surface area contributed by atoms with Gasteiger partial charge in [-0.3, -0.25) is 0 Å². The number of hydrogen-bond acceptors (Lipinski definition) is 2. The zero-order chi connectivity index (χ0) is 7.52. The lowest BCUT2D eigenvalue weighted by molar-refractivity contribution is 1.12. The molecule has 1 aliphatic heterocycles. The molecule has 0 atom stereocenters. The summed E-state index contributed by atoms with van der Waals surface area (Å²) in [4.78, 5) is 3.05. The summed E-state index contributed by atoms with van der Waals surface area (Å²) in [5.74, 6) is 0. The van der Waals surface area contributed by atoms with Crippen LogP contribution in [0.1, 0.15) is 0 Å². The molecule has 0 saturated heterocycles. The average Bonchev–Trinajstić information content (AvgIpc) is 2.35. The molecule has 2 heterocycles. The number of allylic oxidation sites excluding steroid dienone is 2. The van der Waals surface area contributed by atoms with Crippen molar-refractivity contribution in [3.05, 3.63) is 35.1 Å². The van der Waals surface area contributed by atoms with E-state index in [1.807, 2.05) is 30.5 Å². The van der Waals surface area contributed by atoms with Gasteiger partial charge in [0.15, 0.2) is 0 Å². The largest absolute Gasteiger partial charge is 0.360 e. The smallest absolute Gasteiger partial charge is 0.111 e. The maximum Gasteiger partial charge on any atom is 0.111 e. The highest BCUT2D eigenvalue weighted by Crippen LogP contribution is 1.76. The summed E-state index contributed by atoms with van der Waals surface area (Å²) in [5.41, 5.74) is 0. The second-order valence-electron chi connectivity index (χ2n) is 2.19. The fourth-order valence-electron chi connectivity index (χ4n) is 0.930. The van der Waals surface area contributed by atoms with Crippen LogP contribution in [0.25, 0.3) is 6.08 Å². The summed E-state index contributed by atoms with van der Waals surface area (Å²) in [5, 5.41) is 9.66. The molecule has 3 nitrogen and oxygen atoms in total. The van der Waals surface area contributed by atoms with Crippen molar-refractivity contribution in [2.75, 3.05) is 0 Å². The van der Waals surface area contributed by atoms with Crippen molar-refractivity contribution in [2.45, 2.75) is 0 Å². The molecule has 0 aliphatic carbocycles. The highest BCUT2D eigenvalue weighted by Gasteiger charge is 1.85. The molecule has 0 saturated carbocycles. The number of nitrogens with zero attached hydrogens (tertiary/aromatic N) is 2. The lowest BCUT2D eigenvalue weighted by Crippen LogP contribution is -2.21.